The monoisotopic (exact) mass is 341 g/mol. The zero-order valence-corrected chi connectivity index (χ0v) is 13.9. The molecule has 2 heterocycles. The summed E-state index contributed by atoms with van der Waals surface area (Å²) in [5.74, 6) is 0.535. The van der Waals surface area contributed by atoms with Crippen molar-refractivity contribution in [2.24, 2.45) is 0 Å². The maximum absolute atomic E-state index is 5.86. The van der Waals surface area contributed by atoms with Crippen LogP contribution in [0.1, 0.15) is 39.5 Å². The van der Waals surface area contributed by atoms with E-state index >= 15 is 0 Å². The lowest BCUT2D eigenvalue weighted by molar-refractivity contribution is 0.0958. The molecule has 0 amide bonds. The summed E-state index contributed by atoms with van der Waals surface area (Å²) < 4.78 is 6.54. The minimum atomic E-state index is 0.535. The van der Waals surface area contributed by atoms with E-state index in [1.165, 1.54) is 19.3 Å². The highest BCUT2D eigenvalue weighted by Crippen LogP contribution is 2.24. The zero-order chi connectivity index (χ0) is 14.5. The number of hydrogen-bond acceptors (Lipinski definition) is 4. The topological polar surface area (TPSA) is 51.4 Å². The second kappa shape index (κ2) is 7.27. The number of nitrogens with zero attached hydrogens (tertiary/aromatic N) is 2. The van der Waals surface area contributed by atoms with Crippen molar-refractivity contribution >= 4 is 21.6 Å². The fraction of sp³-hybridized carbons (Fsp3) is 0.667. The van der Waals surface area contributed by atoms with Crippen LogP contribution in [-0.4, -0.2) is 35.1 Å². The van der Waals surface area contributed by atoms with Gasteiger partial charge in [-0.05, 0) is 55.1 Å². The van der Waals surface area contributed by atoms with Gasteiger partial charge in [0.25, 0.3) is 0 Å². The van der Waals surface area contributed by atoms with Crippen molar-refractivity contribution in [3.05, 3.63) is 16.7 Å². The van der Waals surface area contributed by atoms with E-state index in [9.17, 15) is 0 Å². The van der Waals surface area contributed by atoms with Crippen molar-refractivity contribution in [1.29, 1.82) is 0 Å². The van der Waals surface area contributed by atoms with Gasteiger partial charge < -0.3 is 10.5 Å². The first kappa shape index (κ1) is 15.6. The molecule has 0 radical (unpaired) electrons. The van der Waals surface area contributed by atoms with E-state index in [1.807, 2.05) is 6.07 Å². The fourth-order valence-electron chi connectivity index (χ4n) is 2.89. The quantitative estimate of drug-likeness (QED) is 0.833. The summed E-state index contributed by atoms with van der Waals surface area (Å²) in [6.07, 6.45) is 6.69. The summed E-state index contributed by atoms with van der Waals surface area (Å²) in [4.78, 5) is 6.77. The summed E-state index contributed by atoms with van der Waals surface area (Å²) >= 11 is 3.34. The molecule has 2 rings (SSSR count). The molecule has 1 aromatic heterocycles. The van der Waals surface area contributed by atoms with Crippen molar-refractivity contribution in [2.45, 2.75) is 51.6 Å². The smallest absolute Gasteiger partial charge is 0.237 e. The van der Waals surface area contributed by atoms with E-state index in [1.54, 1.807) is 6.20 Å². The van der Waals surface area contributed by atoms with Crippen LogP contribution in [0.5, 0.6) is 5.88 Å². The van der Waals surface area contributed by atoms with Crippen LogP contribution >= 0.6 is 15.9 Å². The number of anilines is 1. The first-order valence-electron chi connectivity index (χ1n) is 7.37. The molecule has 20 heavy (non-hydrogen) atoms. The van der Waals surface area contributed by atoms with Crippen LogP contribution in [0.25, 0.3) is 0 Å². The normalized spacial score (nSPS) is 23.8. The number of rotatable bonds is 5. The molecule has 0 aromatic carbocycles. The third-order valence-electron chi connectivity index (χ3n) is 4.02. The number of pyridine rings is 1. The first-order chi connectivity index (χ1) is 9.58. The average molecular weight is 342 g/mol. The summed E-state index contributed by atoms with van der Waals surface area (Å²) in [5, 5.41) is 0. The second-order valence-corrected chi connectivity index (χ2v) is 6.53. The highest BCUT2D eigenvalue weighted by atomic mass is 79.9. The van der Waals surface area contributed by atoms with Gasteiger partial charge in [-0.1, -0.05) is 6.42 Å². The van der Waals surface area contributed by atoms with Gasteiger partial charge in [0.2, 0.25) is 5.88 Å². The zero-order valence-electron chi connectivity index (χ0n) is 12.3. The Bertz CT molecular complexity index is 431. The van der Waals surface area contributed by atoms with Gasteiger partial charge in [-0.15, -0.1) is 0 Å². The maximum atomic E-state index is 5.86. The molecule has 1 saturated heterocycles. The lowest BCUT2D eigenvalue weighted by Gasteiger charge is -2.39. The molecular weight excluding hydrogens is 318 g/mol. The molecule has 1 aromatic rings. The number of aromatic nitrogens is 1. The summed E-state index contributed by atoms with van der Waals surface area (Å²) in [7, 11) is 0. The predicted molar refractivity (Wildman–Crippen MR) is 85.9 cm³/mol. The first-order valence-corrected chi connectivity index (χ1v) is 8.17. The SMILES string of the molecule is CC1CCCC(C)N1CCCOc1ncc(Br)cc1N. The molecule has 5 heteroatoms. The third kappa shape index (κ3) is 4.09. The molecule has 0 saturated carbocycles. The Morgan fingerprint density at radius 1 is 1.40 bits per heavy atom. The number of hydrogen-bond donors (Lipinski definition) is 1. The van der Waals surface area contributed by atoms with Gasteiger partial charge in [-0.2, -0.15) is 0 Å². The van der Waals surface area contributed by atoms with Crippen LogP contribution in [0.15, 0.2) is 16.7 Å². The lowest BCUT2D eigenvalue weighted by atomic mass is 9.97. The van der Waals surface area contributed by atoms with Crippen LogP contribution in [0.4, 0.5) is 5.69 Å². The molecule has 112 valence electrons. The van der Waals surface area contributed by atoms with Gasteiger partial charge >= 0.3 is 0 Å². The van der Waals surface area contributed by atoms with E-state index in [-0.39, 0.29) is 0 Å². The van der Waals surface area contributed by atoms with Crippen LogP contribution in [-0.2, 0) is 0 Å². The van der Waals surface area contributed by atoms with Gasteiger partial charge in [0.05, 0.1) is 12.3 Å². The largest absolute Gasteiger partial charge is 0.476 e. The summed E-state index contributed by atoms with van der Waals surface area (Å²) in [6.45, 7) is 6.39. The number of ether oxygens (including phenoxy) is 1. The van der Waals surface area contributed by atoms with Gasteiger partial charge in [-0.25, -0.2) is 4.98 Å². The molecular formula is C15H24BrN3O. The van der Waals surface area contributed by atoms with Crippen molar-refractivity contribution in [3.8, 4) is 5.88 Å². The summed E-state index contributed by atoms with van der Waals surface area (Å²) in [6, 6.07) is 3.20. The number of piperidine rings is 1. The highest BCUT2D eigenvalue weighted by Gasteiger charge is 2.23. The Morgan fingerprint density at radius 3 is 2.75 bits per heavy atom. The number of nitrogen functional groups attached to an aromatic ring is 1. The second-order valence-electron chi connectivity index (χ2n) is 5.62. The number of likely N-dealkylation sites (tertiary alicyclic amines) is 1. The molecule has 1 fully saturated rings. The van der Waals surface area contributed by atoms with Gasteiger partial charge in [-0.3, -0.25) is 4.90 Å². The molecule has 0 aliphatic carbocycles. The van der Waals surface area contributed by atoms with Crippen LogP contribution in [0, 0.1) is 0 Å². The Labute approximate surface area is 129 Å². The predicted octanol–water partition coefficient (Wildman–Crippen LogP) is 3.46. The fourth-order valence-corrected chi connectivity index (χ4v) is 3.24. The molecule has 0 bridgehead atoms. The van der Waals surface area contributed by atoms with E-state index < -0.39 is 0 Å². The Balaban J connectivity index is 1.75. The maximum Gasteiger partial charge on any atom is 0.237 e. The van der Waals surface area contributed by atoms with Crippen molar-refractivity contribution in [2.75, 3.05) is 18.9 Å². The van der Waals surface area contributed by atoms with E-state index in [0.717, 1.165) is 17.4 Å². The molecule has 2 N–H and O–H groups in total. The standard InChI is InChI=1S/C15H24BrN3O/c1-11-5-3-6-12(2)19(11)7-4-8-20-15-14(17)9-13(16)10-18-15/h9-12H,3-8,17H2,1-2H3. The number of halogens is 1. The van der Waals surface area contributed by atoms with Gasteiger partial charge in [0.1, 0.15) is 0 Å². The number of nitrogens with two attached hydrogens (primary N) is 1. The molecule has 0 spiro atoms. The van der Waals surface area contributed by atoms with Crippen LogP contribution < -0.4 is 10.5 Å². The Morgan fingerprint density at radius 2 is 2.10 bits per heavy atom. The minimum absolute atomic E-state index is 0.535. The van der Waals surface area contributed by atoms with E-state index in [0.29, 0.717) is 30.3 Å². The van der Waals surface area contributed by atoms with Gasteiger partial charge in [0, 0.05) is 29.3 Å². The van der Waals surface area contributed by atoms with Crippen LogP contribution in [0.3, 0.4) is 0 Å². The van der Waals surface area contributed by atoms with Crippen molar-refractivity contribution in [1.82, 2.24) is 9.88 Å². The summed E-state index contributed by atoms with van der Waals surface area (Å²) in [5.41, 5.74) is 6.45. The highest BCUT2D eigenvalue weighted by molar-refractivity contribution is 9.10. The molecule has 4 nitrogen and oxygen atoms in total. The molecule has 1 aliphatic rings. The molecule has 2 unspecified atom stereocenters. The average Bonchev–Trinajstić information content (AvgIpc) is 2.39. The molecule has 2 atom stereocenters. The minimum Gasteiger partial charge on any atom is -0.476 e. The van der Waals surface area contributed by atoms with Crippen LogP contribution in [0.2, 0.25) is 0 Å². The van der Waals surface area contributed by atoms with Crippen molar-refractivity contribution < 1.29 is 4.74 Å². The Kier molecular flexibility index (Phi) is 5.66. The Hall–Kier alpha value is -0.810. The van der Waals surface area contributed by atoms with Gasteiger partial charge in [0.15, 0.2) is 0 Å². The van der Waals surface area contributed by atoms with Crippen molar-refractivity contribution in [3.63, 3.8) is 0 Å². The molecule has 1 aliphatic heterocycles. The lowest BCUT2D eigenvalue weighted by Crippen LogP contribution is -2.44. The van der Waals surface area contributed by atoms with E-state index in [4.69, 9.17) is 10.5 Å². The van der Waals surface area contributed by atoms with E-state index in [2.05, 4.69) is 39.7 Å². The third-order valence-corrected chi connectivity index (χ3v) is 4.45.